The van der Waals surface area contributed by atoms with E-state index in [0.717, 1.165) is 35.2 Å². The van der Waals surface area contributed by atoms with Crippen molar-refractivity contribution in [3.8, 4) is 22.1 Å². The molecule has 1 aliphatic rings. The van der Waals surface area contributed by atoms with Gasteiger partial charge in [-0.15, -0.1) is 11.3 Å². The van der Waals surface area contributed by atoms with Gasteiger partial charge in [-0.3, -0.25) is 5.10 Å². The molecule has 3 heterocycles. The Balaban J connectivity index is 1.73. The van der Waals surface area contributed by atoms with Gasteiger partial charge in [0.15, 0.2) is 11.6 Å². The van der Waals surface area contributed by atoms with Crippen molar-refractivity contribution in [2.75, 3.05) is 0 Å². The average molecular weight is 268 g/mol. The lowest BCUT2D eigenvalue weighted by atomic mass is 10.1. The maximum Gasteiger partial charge on any atom is 0.181 e. The SMILES string of the molecule is c1csc(-c2nc(-c3ccc4c(c3)CNC4)n[nH]2)c1. The molecule has 1 aliphatic heterocycles. The Bertz CT molecular complexity index is 715. The van der Waals surface area contributed by atoms with Crippen molar-refractivity contribution >= 4 is 11.3 Å². The summed E-state index contributed by atoms with van der Waals surface area (Å²) >= 11 is 1.66. The predicted octanol–water partition coefficient (Wildman–Crippen LogP) is 2.80. The van der Waals surface area contributed by atoms with E-state index in [1.54, 1.807) is 11.3 Å². The molecular weight excluding hydrogens is 256 g/mol. The molecule has 2 N–H and O–H groups in total. The lowest BCUT2D eigenvalue weighted by Crippen LogP contribution is -1.99. The Kier molecular flexibility index (Phi) is 2.46. The Hall–Kier alpha value is -1.98. The topological polar surface area (TPSA) is 53.6 Å². The number of benzene rings is 1. The number of nitrogens with one attached hydrogen (secondary N) is 2. The van der Waals surface area contributed by atoms with E-state index in [1.807, 2.05) is 17.5 Å². The fourth-order valence-corrected chi connectivity index (χ4v) is 3.01. The van der Waals surface area contributed by atoms with E-state index in [4.69, 9.17) is 0 Å². The largest absolute Gasteiger partial charge is 0.309 e. The van der Waals surface area contributed by atoms with Gasteiger partial charge in [0.05, 0.1) is 4.88 Å². The summed E-state index contributed by atoms with van der Waals surface area (Å²) in [4.78, 5) is 5.68. The minimum atomic E-state index is 0.762. The second-order valence-corrected chi connectivity index (χ2v) is 5.52. The van der Waals surface area contributed by atoms with Gasteiger partial charge in [0, 0.05) is 18.7 Å². The molecule has 0 amide bonds. The first-order valence-corrected chi connectivity index (χ1v) is 7.07. The third-order valence-electron chi connectivity index (χ3n) is 3.34. The van der Waals surface area contributed by atoms with Crippen molar-refractivity contribution in [1.29, 1.82) is 0 Å². The van der Waals surface area contributed by atoms with Crippen molar-refractivity contribution < 1.29 is 0 Å². The summed E-state index contributed by atoms with van der Waals surface area (Å²) in [5.74, 6) is 1.60. The Morgan fingerprint density at radius 3 is 2.95 bits per heavy atom. The number of aromatic amines is 1. The van der Waals surface area contributed by atoms with Crippen molar-refractivity contribution in [2.45, 2.75) is 13.1 Å². The minimum Gasteiger partial charge on any atom is -0.309 e. The van der Waals surface area contributed by atoms with Crippen LogP contribution in [0.5, 0.6) is 0 Å². The highest BCUT2D eigenvalue weighted by Crippen LogP contribution is 2.26. The monoisotopic (exact) mass is 268 g/mol. The van der Waals surface area contributed by atoms with Crippen LogP contribution in [0.4, 0.5) is 0 Å². The Morgan fingerprint density at radius 2 is 2.05 bits per heavy atom. The first kappa shape index (κ1) is 10.9. The molecule has 0 radical (unpaired) electrons. The van der Waals surface area contributed by atoms with Crippen molar-refractivity contribution in [3.63, 3.8) is 0 Å². The molecule has 4 rings (SSSR count). The van der Waals surface area contributed by atoms with Crippen LogP contribution in [0.1, 0.15) is 11.1 Å². The van der Waals surface area contributed by atoms with Crippen molar-refractivity contribution in [2.24, 2.45) is 0 Å². The summed E-state index contributed by atoms with van der Waals surface area (Å²) in [6.45, 7) is 1.90. The number of aromatic nitrogens is 3. The molecule has 5 heteroatoms. The van der Waals surface area contributed by atoms with Gasteiger partial charge in [-0.25, -0.2) is 4.98 Å². The standard InChI is InChI=1S/C14H12N4S/c1-2-12(19-5-1)14-16-13(17-18-14)9-3-4-10-7-15-8-11(10)6-9/h1-6,15H,7-8H2,(H,16,17,18). The molecule has 94 valence electrons. The van der Waals surface area contributed by atoms with E-state index >= 15 is 0 Å². The smallest absolute Gasteiger partial charge is 0.181 e. The van der Waals surface area contributed by atoms with E-state index in [9.17, 15) is 0 Å². The second-order valence-electron chi connectivity index (χ2n) is 4.57. The molecule has 0 unspecified atom stereocenters. The lowest BCUT2D eigenvalue weighted by molar-refractivity contribution is 0.765. The number of hydrogen-bond acceptors (Lipinski definition) is 4. The number of nitrogens with zero attached hydrogens (tertiary/aromatic N) is 2. The van der Waals surface area contributed by atoms with Gasteiger partial charge in [0.1, 0.15) is 0 Å². The maximum atomic E-state index is 4.57. The minimum absolute atomic E-state index is 0.762. The molecule has 0 spiro atoms. The molecule has 0 atom stereocenters. The van der Waals surface area contributed by atoms with Gasteiger partial charge < -0.3 is 5.32 Å². The first-order chi connectivity index (χ1) is 9.40. The highest BCUT2D eigenvalue weighted by Gasteiger charge is 2.13. The van der Waals surface area contributed by atoms with E-state index in [0.29, 0.717) is 0 Å². The fourth-order valence-electron chi connectivity index (χ4n) is 2.35. The van der Waals surface area contributed by atoms with Gasteiger partial charge >= 0.3 is 0 Å². The van der Waals surface area contributed by atoms with E-state index < -0.39 is 0 Å². The van der Waals surface area contributed by atoms with Crippen LogP contribution >= 0.6 is 11.3 Å². The van der Waals surface area contributed by atoms with Gasteiger partial charge in [0.2, 0.25) is 0 Å². The fraction of sp³-hybridized carbons (Fsp3) is 0.143. The summed E-state index contributed by atoms with van der Waals surface area (Å²) in [6, 6.07) is 10.5. The van der Waals surface area contributed by atoms with E-state index in [2.05, 4.69) is 38.7 Å². The predicted molar refractivity (Wildman–Crippen MR) is 75.7 cm³/mol. The zero-order valence-electron chi connectivity index (χ0n) is 10.2. The Labute approximate surface area is 114 Å². The van der Waals surface area contributed by atoms with E-state index in [-0.39, 0.29) is 0 Å². The van der Waals surface area contributed by atoms with Crippen LogP contribution in [0.25, 0.3) is 22.1 Å². The van der Waals surface area contributed by atoms with Crippen LogP contribution in [-0.4, -0.2) is 15.2 Å². The molecular formula is C14H12N4S. The molecule has 1 aromatic carbocycles. The molecule has 2 aromatic heterocycles. The molecule has 0 saturated carbocycles. The Morgan fingerprint density at radius 1 is 1.11 bits per heavy atom. The zero-order chi connectivity index (χ0) is 12.7. The summed E-state index contributed by atoms with van der Waals surface area (Å²) in [5, 5.41) is 12.7. The van der Waals surface area contributed by atoms with Gasteiger partial charge in [-0.2, -0.15) is 5.10 Å². The van der Waals surface area contributed by atoms with Crippen LogP contribution in [-0.2, 0) is 13.1 Å². The first-order valence-electron chi connectivity index (χ1n) is 6.19. The van der Waals surface area contributed by atoms with Crippen LogP contribution in [0, 0.1) is 0 Å². The van der Waals surface area contributed by atoms with Gasteiger partial charge in [-0.1, -0.05) is 18.2 Å². The van der Waals surface area contributed by atoms with Crippen LogP contribution < -0.4 is 5.32 Å². The molecule has 0 bridgehead atoms. The molecule has 4 nitrogen and oxygen atoms in total. The average Bonchev–Trinajstić information content (AvgIpc) is 3.18. The highest BCUT2D eigenvalue weighted by atomic mass is 32.1. The second kappa shape index (κ2) is 4.29. The lowest BCUT2D eigenvalue weighted by Gasteiger charge is -1.99. The molecule has 0 saturated heterocycles. The van der Waals surface area contributed by atoms with Crippen molar-refractivity contribution in [3.05, 3.63) is 46.8 Å². The summed E-state index contributed by atoms with van der Waals surface area (Å²) < 4.78 is 0. The molecule has 19 heavy (non-hydrogen) atoms. The number of fused-ring (bicyclic) bond motifs is 1. The van der Waals surface area contributed by atoms with Gasteiger partial charge in [0.25, 0.3) is 0 Å². The number of H-pyrrole nitrogens is 1. The maximum absolute atomic E-state index is 4.57. The third kappa shape index (κ3) is 1.87. The summed E-state index contributed by atoms with van der Waals surface area (Å²) in [6.07, 6.45) is 0. The summed E-state index contributed by atoms with van der Waals surface area (Å²) in [7, 11) is 0. The van der Waals surface area contributed by atoms with E-state index in [1.165, 1.54) is 11.1 Å². The zero-order valence-corrected chi connectivity index (χ0v) is 11.0. The number of hydrogen-bond donors (Lipinski definition) is 2. The normalized spacial score (nSPS) is 13.7. The summed E-state index contributed by atoms with van der Waals surface area (Å²) in [5.41, 5.74) is 3.79. The van der Waals surface area contributed by atoms with Crippen LogP contribution in [0.15, 0.2) is 35.7 Å². The number of rotatable bonds is 2. The highest BCUT2D eigenvalue weighted by molar-refractivity contribution is 7.13. The quantitative estimate of drug-likeness (QED) is 0.751. The molecule has 0 fully saturated rings. The van der Waals surface area contributed by atoms with Gasteiger partial charge in [-0.05, 0) is 28.6 Å². The molecule has 3 aromatic rings. The third-order valence-corrected chi connectivity index (χ3v) is 4.21. The van der Waals surface area contributed by atoms with Crippen molar-refractivity contribution in [1.82, 2.24) is 20.5 Å². The van der Waals surface area contributed by atoms with Crippen LogP contribution in [0.2, 0.25) is 0 Å². The van der Waals surface area contributed by atoms with Crippen LogP contribution in [0.3, 0.4) is 0 Å². The molecule has 0 aliphatic carbocycles. The number of thiophene rings is 1.